The van der Waals surface area contributed by atoms with E-state index < -0.39 is 0 Å². The highest BCUT2D eigenvalue weighted by atomic mass is 35.5. The lowest BCUT2D eigenvalue weighted by atomic mass is 10.0. The highest BCUT2D eigenvalue weighted by Gasteiger charge is 2.27. The molecule has 106 valence electrons. The van der Waals surface area contributed by atoms with Crippen LogP contribution in [0.25, 0.3) is 22.2 Å². The summed E-state index contributed by atoms with van der Waals surface area (Å²) in [4.78, 5) is 8.89. The van der Waals surface area contributed by atoms with Gasteiger partial charge in [0.2, 0.25) is 0 Å². The van der Waals surface area contributed by atoms with Crippen LogP contribution in [0.3, 0.4) is 0 Å². The van der Waals surface area contributed by atoms with Gasteiger partial charge in [0.25, 0.3) is 0 Å². The van der Waals surface area contributed by atoms with Crippen molar-refractivity contribution in [1.29, 1.82) is 0 Å². The van der Waals surface area contributed by atoms with Crippen LogP contribution in [0.4, 0.5) is 0 Å². The van der Waals surface area contributed by atoms with Crippen molar-refractivity contribution < 1.29 is 0 Å². The molecule has 1 saturated carbocycles. The van der Waals surface area contributed by atoms with Gasteiger partial charge in [0.05, 0.1) is 6.20 Å². The van der Waals surface area contributed by atoms with Crippen LogP contribution in [-0.2, 0) is 6.54 Å². The standard InChI is InChI=1S/C16H15ClN4/c1-2-21-16-13(9-19-21)12(8-14(20-16)10-3-4-10)11-5-6-18-15(17)7-11/h5-10H,2-4H2,1H3. The van der Waals surface area contributed by atoms with Crippen LogP contribution >= 0.6 is 11.6 Å². The Hall–Kier alpha value is -1.94. The molecule has 1 fully saturated rings. The minimum atomic E-state index is 0.508. The molecule has 3 aromatic rings. The molecule has 0 bridgehead atoms. The Kier molecular flexibility index (Phi) is 2.93. The quantitative estimate of drug-likeness (QED) is 0.685. The van der Waals surface area contributed by atoms with Crippen molar-refractivity contribution in [3.8, 4) is 11.1 Å². The lowest BCUT2D eigenvalue weighted by molar-refractivity contribution is 0.675. The predicted molar refractivity (Wildman–Crippen MR) is 83.4 cm³/mol. The van der Waals surface area contributed by atoms with Gasteiger partial charge >= 0.3 is 0 Å². The van der Waals surface area contributed by atoms with Crippen LogP contribution in [0.5, 0.6) is 0 Å². The van der Waals surface area contributed by atoms with Gasteiger partial charge in [-0.25, -0.2) is 14.6 Å². The molecule has 0 aromatic carbocycles. The van der Waals surface area contributed by atoms with E-state index in [2.05, 4.69) is 23.1 Å². The predicted octanol–water partition coefficient (Wildman–Crippen LogP) is 4.04. The molecule has 4 rings (SSSR count). The Morgan fingerprint density at radius 2 is 2.19 bits per heavy atom. The molecule has 0 unspecified atom stereocenters. The molecule has 5 heteroatoms. The van der Waals surface area contributed by atoms with Crippen LogP contribution < -0.4 is 0 Å². The number of rotatable bonds is 3. The first-order valence-corrected chi connectivity index (χ1v) is 7.62. The van der Waals surface area contributed by atoms with E-state index in [0.29, 0.717) is 11.1 Å². The average Bonchev–Trinajstić information content (AvgIpc) is 3.26. The lowest BCUT2D eigenvalue weighted by Gasteiger charge is -2.08. The number of hydrogen-bond donors (Lipinski definition) is 0. The largest absolute Gasteiger partial charge is 0.248 e. The molecule has 1 aliphatic carbocycles. The summed E-state index contributed by atoms with van der Waals surface area (Å²) >= 11 is 6.05. The van der Waals surface area contributed by atoms with Crippen molar-refractivity contribution >= 4 is 22.6 Å². The van der Waals surface area contributed by atoms with Gasteiger partial charge in [0, 0.05) is 29.7 Å². The highest BCUT2D eigenvalue weighted by molar-refractivity contribution is 6.29. The summed E-state index contributed by atoms with van der Waals surface area (Å²) < 4.78 is 1.95. The SMILES string of the molecule is CCn1ncc2c(-c3ccnc(Cl)c3)cc(C3CC3)nc21. The monoisotopic (exact) mass is 298 g/mol. The van der Waals surface area contributed by atoms with E-state index in [1.807, 2.05) is 23.0 Å². The fourth-order valence-corrected chi connectivity index (χ4v) is 2.87. The summed E-state index contributed by atoms with van der Waals surface area (Å²) in [6, 6.07) is 6.07. The number of halogens is 1. The summed E-state index contributed by atoms with van der Waals surface area (Å²) in [5, 5.41) is 6.03. The van der Waals surface area contributed by atoms with E-state index in [-0.39, 0.29) is 0 Å². The molecule has 3 aromatic heterocycles. The second kappa shape index (κ2) is 4.81. The van der Waals surface area contributed by atoms with Crippen molar-refractivity contribution in [2.45, 2.75) is 32.2 Å². The molecule has 0 radical (unpaired) electrons. The summed E-state index contributed by atoms with van der Waals surface area (Å²) in [5.41, 5.74) is 4.34. The number of pyridine rings is 2. The topological polar surface area (TPSA) is 43.6 Å². The highest BCUT2D eigenvalue weighted by Crippen LogP contribution is 2.41. The lowest BCUT2D eigenvalue weighted by Crippen LogP contribution is -1.99. The third-order valence-corrected chi connectivity index (χ3v) is 4.17. The molecule has 4 nitrogen and oxygen atoms in total. The molecule has 0 spiro atoms. The molecule has 0 atom stereocenters. The molecular weight excluding hydrogens is 284 g/mol. The normalized spacial score (nSPS) is 14.8. The van der Waals surface area contributed by atoms with E-state index in [0.717, 1.165) is 28.7 Å². The van der Waals surface area contributed by atoms with Crippen LogP contribution in [0.15, 0.2) is 30.6 Å². The summed E-state index contributed by atoms with van der Waals surface area (Å²) in [5.74, 6) is 0.602. The fraction of sp³-hybridized carbons (Fsp3) is 0.312. The number of hydrogen-bond acceptors (Lipinski definition) is 3. The zero-order valence-electron chi connectivity index (χ0n) is 11.8. The molecule has 3 heterocycles. The Labute approximate surface area is 127 Å². The third kappa shape index (κ3) is 2.20. The van der Waals surface area contributed by atoms with Crippen LogP contribution in [0, 0.1) is 0 Å². The molecule has 21 heavy (non-hydrogen) atoms. The van der Waals surface area contributed by atoms with Gasteiger partial charge in [-0.3, -0.25) is 0 Å². The van der Waals surface area contributed by atoms with E-state index >= 15 is 0 Å². The number of nitrogens with zero attached hydrogens (tertiary/aromatic N) is 4. The third-order valence-electron chi connectivity index (χ3n) is 3.96. The van der Waals surface area contributed by atoms with E-state index in [1.165, 1.54) is 18.5 Å². The average molecular weight is 299 g/mol. The van der Waals surface area contributed by atoms with Gasteiger partial charge in [-0.2, -0.15) is 5.10 Å². The van der Waals surface area contributed by atoms with E-state index in [9.17, 15) is 0 Å². The van der Waals surface area contributed by atoms with Crippen molar-refractivity contribution in [2.75, 3.05) is 0 Å². The van der Waals surface area contributed by atoms with Gasteiger partial charge < -0.3 is 0 Å². The van der Waals surface area contributed by atoms with Gasteiger partial charge in [-0.05, 0) is 49.1 Å². The summed E-state index contributed by atoms with van der Waals surface area (Å²) in [6.07, 6.45) is 6.10. The zero-order chi connectivity index (χ0) is 14.4. The van der Waals surface area contributed by atoms with E-state index in [4.69, 9.17) is 16.6 Å². The first-order chi connectivity index (χ1) is 10.3. The molecule has 0 aliphatic heterocycles. The van der Waals surface area contributed by atoms with Gasteiger partial charge in [0.15, 0.2) is 5.65 Å². The van der Waals surface area contributed by atoms with Crippen molar-refractivity contribution in [3.63, 3.8) is 0 Å². The number of aryl methyl sites for hydroxylation is 1. The minimum Gasteiger partial charge on any atom is -0.248 e. The zero-order valence-corrected chi connectivity index (χ0v) is 12.5. The molecule has 0 amide bonds. The van der Waals surface area contributed by atoms with Crippen LogP contribution in [-0.4, -0.2) is 19.7 Å². The maximum Gasteiger partial charge on any atom is 0.158 e. The summed E-state index contributed by atoms with van der Waals surface area (Å²) in [7, 11) is 0. The first-order valence-electron chi connectivity index (χ1n) is 7.24. The molecule has 0 N–H and O–H groups in total. The maximum absolute atomic E-state index is 6.05. The van der Waals surface area contributed by atoms with E-state index in [1.54, 1.807) is 6.20 Å². The van der Waals surface area contributed by atoms with Gasteiger partial charge in [-0.1, -0.05) is 11.6 Å². The molecule has 1 aliphatic rings. The second-order valence-electron chi connectivity index (χ2n) is 5.43. The fourth-order valence-electron chi connectivity index (χ4n) is 2.70. The van der Waals surface area contributed by atoms with Crippen LogP contribution in [0.2, 0.25) is 5.15 Å². The number of aromatic nitrogens is 4. The number of fused-ring (bicyclic) bond motifs is 1. The molecular formula is C16H15ClN4. The Morgan fingerprint density at radius 3 is 2.90 bits per heavy atom. The van der Waals surface area contributed by atoms with Crippen LogP contribution in [0.1, 0.15) is 31.4 Å². The van der Waals surface area contributed by atoms with Crippen molar-refractivity contribution in [3.05, 3.63) is 41.4 Å². The molecule has 0 saturated heterocycles. The minimum absolute atomic E-state index is 0.508. The van der Waals surface area contributed by atoms with Gasteiger partial charge in [0.1, 0.15) is 5.15 Å². The summed E-state index contributed by atoms with van der Waals surface area (Å²) in [6.45, 7) is 2.90. The van der Waals surface area contributed by atoms with Crippen molar-refractivity contribution in [2.24, 2.45) is 0 Å². The Bertz CT molecular complexity index is 820. The first kappa shape index (κ1) is 12.8. The van der Waals surface area contributed by atoms with Crippen molar-refractivity contribution in [1.82, 2.24) is 19.7 Å². The Morgan fingerprint density at radius 1 is 1.33 bits per heavy atom. The van der Waals surface area contributed by atoms with Gasteiger partial charge in [-0.15, -0.1) is 0 Å². The Balaban J connectivity index is 2.00. The second-order valence-corrected chi connectivity index (χ2v) is 5.82. The maximum atomic E-state index is 6.05. The smallest absolute Gasteiger partial charge is 0.158 e.